The number of fused-ring (bicyclic) bond motifs is 2. The molecule has 0 unspecified atom stereocenters. The van der Waals surface area contributed by atoms with E-state index in [-0.39, 0.29) is 23.8 Å². The summed E-state index contributed by atoms with van der Waals surface area (Å²) in [5, 5.41) is 14.2. The van der Waals surface area contributed by atoms with Crippen LogP contribution in [0.2, 0.25) is 0 Å². The first kappa shape index (κ1) is 11.8. The van der Waals surface area contributed by atoms with Crippen molar-refractivity contribution in [3.63, 3.8) is 0 Å². The van der Waals surface area contributed by atoms with Crippen LogP contribution < -0.4 is 10.4 Å². The van der Waals surface area contributed by atoms with Gasteiger partial charge in [-0.2, -0.15) is 0 Å². The Balaban J connectivity index is 1.71. The van der Waals surface area contributed by atoms with Crippen LogP contribution in [-0.4, -0.2) is 17.9 Å². The van der Waals surface area contributed by atoms with Gasteiger partial charge in [0.25, 0.3) is 0 Å². The van der Waals surface area contributed by atoms with E-state index in [1.807, 2.05) is 12.2 Å². The number of hydrogen-bond acceptors (Lipinski definition) is 3. The zero-order valence-corrected chi connectivity index (χ0v) is 10.3. The monoisotopic (exact) mass is 248 g/mol. The lowest BCUT2D eigenvalue weighted by atomic mass is 9.82. The number of rotatable bonds is 3. The van der Waals surface area contributed by atoms with Crippen LogP contribution in [0.3, 0.4) is 0 Å². The quantitative estimate of drug-likeness (QED) is 0.727. The van der Waals surface area contributed by atoms with E-state index < -0.39 is 17.8 Å². The Morgan fingerprint density at radius 2 is 1.67 bits per heavy atom. The Morgan fingerprint density at radius 1 is 1.06 bits per heavy atom. The summed E-state index contributed by atoms with van der Waals surface area (Å²) in [6.45, 7) is 0. The normalized spacial score (nSPS) is 38.2. The molecule has 0 heterocycles. The number of carbonyl (C=O) groups excluding carboxylic acids is 2. The van der Waals surface area contributed by atoms with E-state index in [0.717, 1.165) is 32.1 Å². The molecule has 1 N–H and O–H groups in total. The highest BCUT2D eigenvalue weighted by molar-refractivity contribution is 5.86. The minimum atomic E-state index is -1.07. The number of aliphatic carboxylic acids is 1. The Bertz CT molecular complexity index is 398. The summed E-state index contributed by atoms with van der Waals surface area (Å²) in [6.07, 6.45) is 9.10. The van der Waals surface area contributed by atoms with Crippen molar-refractivity contribution in [2.45, 2.75) is 38.1 Å². The molecule has 18 heavy (non-hydrogen) atoms. The lowest BCUT2D eigenvalue weighted by Gasteiger charge is -2.29. The molecular weight excluding hydrogens is 230 g/mol. The molecule has 1 amide bonds. The fourth-order valence-electron chi connectivity index (χ4n) is 3.87. The van der Waals surface area contributed by atoms with Crippen molar-refractivity contribution in [2.24, 2.45) is 23.7 Å². The lowest BCUT2D eigenvalue weighted by Crippen LogP contribution is -2.46. The van der Waals surface area contributed by atoms with Crippen LogP contribution in [0.4, 0.5) is 0 Å². The minimum absolute atomic E-state index is 0.000622. The molecule has 3 aliphatic carbocycles. The molecule has 0 aliphatic heterocycles. The van der Waals surface area contributed by atoms with Crippen LogP contribution in [0.5, 0.6) is 0 Å². The molecule has 2 saturated carbocycles. The van der Waals surface area contributed by atoms with Gasteiger partial charge in [0.15, 0.2) is 0 Å². The molecule has 98 valence electrons. The Labute approximate surface area is 106 Å². The lowest BCUT2D eigenvalue weighted by molar-refractivity contribution is -0.313. The van der Waals surface area contributed by atoms with Crippen LogP contribution in [-0.2, 0) is 9.59 Å². The number of carboxylic acid groups (broad SMARTS) is 1. The predicted molar refractivity (Wildman–Crippen MR) is 63.1 cm³/mol. The van der Waals surface area contributed by atoms with Crippen molar-refractivity contribution < 1.29 is 14.7 Å². The van der Waals surface area contributed by atoms with Crippen molar-refractivity contribution in [2.75, 3.05) is 0 Å². The van der Waals surface area contributed by atoms with E-state index in [1.54, 1.807) is 0 Å². The first-order valence-electron chi connectivity index (χ1n) is 6.86. The number of carbonyl (C=O) groups is 2. The molecule has 4 atom stereocenters. The predicted octanol–water partition coefficient (Wildman–Crippen LogP) is 0.233. The van der Waals surface area contributed by atoms with E-state index in [9.17, 15) is 14.7 Å². The van der Waals surface area contributed by atoms with Gasteiger partial charge in [0.1, 0.15) is 0 Å². The highest BCUT2D eigenvalue weighted by Crippen LogP contribution is 2.47. The van der Waals surface area contributed by atoms with Gasteiger partial charge in [0.2, 0.25) is 5.91 Å². The van der Waals surface area contributed by atoms with Crippen molar-refractivity contribution in [1.29, 1.82) is 0 Å². The van der Waals surface area contributed by atoms with Crippen LogP contribution >= 0.6 is 0 Å². The van der Waals surface area contributed by atoms with E-state index in [2.05, 4.69) is 5.32 Å². The highest BCUT2D eigenvalue weighted by Gasteiger charge is 2.48. The SMILES string of the molecule is O=C([O-])[C@@H]1[C@H](C(=O)NC2CCCC2)[C@H]2C=C[C@H]1C2. The Hall–Kier alpha value is -1.32. The zero-order valence-electron chi connectivity index (χ0n) is 10.3. The van der Waals surface area contributed by atoms with Crippen molar-refractivity contribution in [3.05, 3.63) is 12.2 Å². The summed E-state index contributed by atoms with van der Waals surface area (Å²) < 4.78 is 0. The second-order valence-electron chi connectivity index (χ2n) is 5.81. The van der Waals surface area contributed by atoms with Gasteiger partial charge in [0, 0.05) is 17.9 Å². The molecule has 0 saturated heterocycles. The van der Waals surface area contributed by atoms with Gasteiger partial charge in [-0.25, -0.2) is 0 Å². The van der Waals surface area contributed by atoms with Gasteiger partial charge < -0.3 is 15.2 Å². The molecule has 4 nitrogen and oxygen atoms in total. The van der Waals surface area contributed by atoms with Crippen molar-refractivity contribution in [1.82, 2.24) is 5.32 Å². The zero-order chi connectivity index (χ0) is 12.7. The number of carboxylic acids is 1. The summed E-state index contributed by atoms with van der Waals surface area (Å²) in [7, 11) is 0. The third-order valence-corrected chi connectivity index (χ3v) is 4.74. The molecule has 0 spiro atoms. The maximum absolute atomic E-state index is 12.3. The average molecular weight is 248 g/mol. The number of amides is 1. The Kier molecular flexibility index (Phi) is 2.88. The van der Waals surface area contributed by atoms with E-state index in [0.29, 0.717) is 0 Å². The molecule has 0 aromatic heterocycles. The van der Waals surface area contributed by atoms with Crippen molar-refractivity contribution in [3.8, 4) is 0 Å². The van der Waals surface area contributed by atoms with Crippen LogP contribution in [0, 0.1) is 23.7 Å². The fourth-order valence-corrected chi connectivity index (χ4v) is 3.87. The Morgan fingerprint density at radius 3 is 2.28 bits per heavy atom. The highest BCUT2D eigenvalue weighted by atomic mass is 16.4. The largest absolute Gasteiger partial charge is 0.550 e. The minimum Gasteiger partial charge on any atom is -0.550 e. The van der Waals surface area contributed by atoms with Gasteiger partial charge in [-0.05, 0) is 31.1 Å². The molecule has 0 aromatic rings. The maximum atomic E-state index is 12.3. The molecule has 4 heteroatoms. The topological polar surface area (TPSA) is 69.2 Å². The summed E-state index contributed by atoms with van der Waals surface area (Å²) in [6, 6.07) is 0.253. The number of nitrogens with one attached hydrogen (secondary N) is 1. The average Bonchev–Trinajstić information content (AvgIpc) is 3.03. The van der Waals surface area contributed by atoms with E-state index in [4.69, 9.17) is 0 Å². The smallest absolute Gasteiger partial charge is 0.224 e. The van der Waals surface area contributed by atoms with Gasteiger partial charge in [0.05, 0.1) is 5.92 Å². The fraction of sp³-hybridized carbons (Fsp3) is 0.714. The first-order chi connectivity index (χ1) is 8.66. The third kappa shape index (κ3) is 1.84. The van der Waals surface area contributed by atoms with E-state index >= 15 is 0 Å². The van der Waals surface area contributed by atoms with Gasteiger partial charge in [-0.3, -0.25) is 4.79 Å². The third-order valence-electron chi connectivity index (χ3n) is 4.74. The molecule has 2 fully saturated rings. The maximum Gasteiger partial charge on any atom is 0.224 e. The molecule has 0 radical (unpaired) electrons. The molecule has 3 aliphatic rings. The second kappa shape index (κ2) is 4.41. The summed E-state index contributed by atoms with van der Waals surface area (Å²) in [5.41, 5.74) is 0. The van der Waals surface area contributed by atoms with Crippen LogP contribution in [0.1, 0.15) is 32.1 Å². The summed E-state index contributed by atoms with van der Waals surface area (Å²) >= 11 is 0. The standard InChI is InChI=1S/C14H19NO3/c16-13(15-10-3-1-2-4-10)11-8-5-6-9(7-8)12(11)14(17)18/h5-6,8-12H,1-4,7H2,(H,15,16)(H,17,18)/p-1/t8-,9-,11+,12-/m0/s1. The van der Waals surface area contributed by atoms with Crippen molar-refractivity contribution >= 4 is 11.9 Å². The molecule has 2 bridgehead atoms. The van der Waals surface area contributed by atoms with Gasteiger partial charge in [-0.15, -0.1) is 0 Å². The molecular formula is C14H18NO3-. The number of hydrogen-bond donors (Lipinski definition) is 1. The van der Waals surface area contributed by atoms with Crippen LogP contribution in [0.25, 0.3) is 0 Å². The van der Waals surface area contributed by atoms with Crippen LogP contribution in [0.15, 0.2) is 12.2 Å². The van der Waals surface area contributed by atoms with Gasteiger partial charge in [-0.1, -0.05) is 25.0 Å². The molecule has 0 aromatic carbocycles. The van der Waals surface area contributed by atoms with Gasteiger partial charge >= 0.3 is 0 Å². The van der Waals surface area contributed by atoms with E-state index in [1.165, 1.54) is 0 Å². The summed E-state index contributed by atoms with van der Waals surface area (Å²) in [4.78, 5) is 23.5. The molecule has 3 rings (SSSR count). The summed E-state index contributed by atoms with van der Waals surface area (Å²) in [5.74, 6) is -2.09. The first-order valence-corrected chi connectivity index (χ1v) is 6.86. The second-order valence-corrected chi connectivity index (χ2v) is 5.81. The number of allylic oxidation sites excluding steroid dienone is 2.